The van der Waals surface area contributed by atoms with E-state index in [9.17, 15) is 107 Å². The number of hydrogen-bond acceptors (Lipinski definition) is 24. The van der Waals surface area contributed by atoms with Gasteiger partial charge in [0.05, 0.1) is 92.1 Å². The number of allylic oxidation sites excluding steroid dienone is 4. The van der Waals surface area contributed by atoms with Gasteiger partial charge in [-0.2, -0.15) is 0 Å². The second-order valence-electron chi connectivity index (χ2n) is 27.1. The molecule has 0 aromatic rings. The SMILES string of the molecule is C=C(CCC(O)C1OC(CC(O)C(O)C(C)CCCC(O)C(O)C(O)C(C)CCC(O)C(O)C(C)CC(O)CCCC(O)CCCC(O)C=CCC(O)CO)C(O)C(O)C1O)C(O)C(O)C1CC(O)C(O)C(C(O)C(O)C=CCCCCCCCCCCC=CC=CCl)O1. The molecule has 0 spiro atoms. The molecule has 2 aliphatic rings. The highest BCUT2D eigenvalue weighted by Gasteiger charge is 2.49. The van der Waals surface area contributed by atoms with Gasteiger partial charge < -0.3 is 122 Å². The molecule has 0 amide bonds. The zero-order chi connectivity index (χ0) is 70.6. The van der Waals surface area contributed by atoms with Gasteiger partial charge >= 0.3 is 0 Å². The van der Waals surface area contributed by atoms with Gasteiger partial charge in [0.2, 0.25) is 0 Å². The molecule has 24 nitrogen and oxygen atoms in total. The Morgan fingerprint density at radius 3 is 1.68 bits per heavy atom. The van der Waals surface area contributed by atoms with Crippen molar-refractivity contribution in [2.75, 3.05) is 6.61 Å². The molecule has 0 bridgehead atoms. The molecular weight excluding hydrogens is 1250 g/mol. The Labute approximate surface area is 562 Å². The zero-order valence-electron chi connectivity index (χ0n) is 55.8. The quantitative estimate of drug-likeness (QED) is 0.0233. The van der Waals surface area contributed by atoms with E-state index in [-0.39, 0.29) is 76.4 Å². The first kappa shape index (κ1) is 88.1. The molecule has 2 rings (SSSR count). The van der Waals surface area contributed by atoms with Crippen molar-refractivity contribution < 1.29 is 122 Å². The molecule has 22 N–H and O–H groups in total. The Morgan fingerprint density at radius 2 is 1.05 bits per heavy atom. The van der Waals surface area contributed by atoms with Crippen LogP contribution in [0.25, 0.3) is 0 Å². The molecule has 28 unspecified atom stereocenters. The van der Waals surface area contributed by atoms with Crippen molar-refractivity contribution in [3.63, 3.8) is 0 Å². The Bertz CT molecular complexity index is 2060. The maximum atomic E-state index is 11.2. The summed E-state index contributed by atoms with van der Waals surface area (Å²) in [5, 5.41) is 235. The van der Waals surface area contributed by atoms with Crippen molar-refractivity contribution in [2.24, 2.45) is 17.8 Å². The molecule has 0 aliphatic carbocycles. The molecule has 28 atom stereocenters. The first-order valence-corrected chi connectivity index (χ1v) is 35.1. The van der Waals surface area contributed by atoms with Gasteiger partial charge in [-0.25, -0.2) is 0 Å². The first-order valence-electron chi connectivity index (χ1n) is 34.6. The monoisotopic (exact) mass is 1370 g/mol. The predicted molar refractivity (Wildman–Crippen MR) is 354 cm³/mol. The lowest BCUT2D eigenvalue weighted by Crippen LogP contribution is -2.61. The molecular formula is C69H125ClO24. The van der Waals surface area contributed by atoms with E-state index in [0.29, 0.717) is 44.9 Å². The highest BCUT2D eigenvalue weighted by atomic mass is 35.5. The van der Waals surface area contributed by atoms with Gasteiger partial charge in [0, 0.05) is 18.4 Å². The minimum absolute atomic E-state index is 0.0250. The van der Waals surface area contributed by atoms with Gasteiger partial charge in [-0.15, -0.1) is 0 Å². The standard InChI is InChI=1S/C69H125ClO24/c1-41(23-19-31-49(76)61(86)59(84)42(2)32-34-51(78)58(83)44(4)37-47(74)28-21-26-45(72)24-20-25-46(73)27-22-29-48(75)40-71)57(82)53(80)38-56-65(90)66(91)67(92)68(93-56)52(79)35-33-43(3)60(85)64(89)55-39-54(81)63(88)69(94-55)62(87)50(77)30-17-15-13-11-9-7-5-6-8-10-12-14-16-18-36-70/h14,16-18,22,27,30,36,41-42,44-69,71-92H,3,5-13,15,19-21,23-26,28-29,31-35,37-40H2,1-2,4H3. The average Bonchev–Trinajstić information content (AvgIpc) is 0.830. The molecule has 2 fully saturated rings. The second kappa shape index (κ2) is 48.7. The van der Waals surface area contributed by atoms with Crippen molar-refractivity contribution in [3.8, 4) is 0 Å². The van der Waals surface area contributed by atoms with Gasteiger partial charge in [-0.3, -0.25) is 0 Å². The average molecular weight is 1370 g/mol. The largest absolute Gasteiger partial charge is 0.394 e. The van der Waals surface area contributed by atoms with Gasteiger partial charge in [0.1, 0.15) is 67.1 Å². The number of rotatable bonds is 52. The van der Waals surface area contributed by atoms with Crippen LogP contribution in [-0.4, -0.2) is 272 Å². The van der Waals surface area contributed by atoms with E-state index in [4.69, 9.17) is 26.2 Å². The lowest BCUT2D eigenvalue weighted by molar-refractivity contribution is -0.250. The van der Waals surface area contributed by atoms with E-state index in [1.807, 2.05) is 6.08 Å². The lowest BCUT2D eigenvalue weighted by Gasteiger charge is -2.43. The van der Waals surface area contributed by atoms with E-state index < -0.39 is 177 Å². The fraction of sp³-hybridized carbons (Fsp3) is 0.855. The smallest absolute Gasteiger partial charge is 0.115 e. The topological polar surface area (TPSA) is 464 Å². The van der Waals surface area contributed by atoms with Gasteiger partial charge in [0.15, 0.2) is 0 Å². The highest BCUT2D eigenvalue weighted by Crippen LogP contribution is 2.33. The van der Waals surface area contributed by atoms with Crippen LogP contribution in [0.15, 0.2) is 60.2 Å². The van der Waals surface area contributed by atoms with Crippen LogP contribution in [0.2, 0.25) is 0 Å². The number of halogens is 1. The maximum Gasteiger partial charge on any atom is 0.115 e. The van der Waals surface area contributed by atoms with Crippen molar-refractivity contribution in [1.29, 1.82) is 0 Å². The minimum Gasteiger partial charge on any atom is -0.394 e. The molecule has 2 aliphatic heterocycles. The van der Waals surface area contributed by atoms with Gasteiger partial charge in [-0.05, 0) is 139 Å². The van der Waals surface area contributed by atoms with E-state index in [1.54, 1.807) is 45.1 Å². The molecule has 94 heavy (non-hydrogen) atoms. The van der Waals surface area contributed by atoms with Gasteiger partial charge in [-0.1, -0.05) is 126 Å². The number of hydrogen-bond donors (Lipinski definition) is 22. The zero-order valence-corrected chi connectivity index (χ0v) is 56.6. The number of aliphatic hydroxyl groups excluding tert-OH is 22. The first-order chi connectivity index (χ1) is 44.5. The Morgan fingerprint density at radius 1 is 0.489 bits per heavy atom. The van der Waals surface area contributed by atoms with Crippen LogP contribution in [0, 0.1) is 17.8 Å². The highest BCUT2D eigenvalue weighted by molar-refractivity contribution is 6.25. The van der Waals surface area contributed by atoms with E-state index in [0.717, 1.165) is 44.9 Å². The summed E-state index contributed by atoms with van der Waals surface area (Å²) in [7, 11) is 0. The summed E-state index contributed by atoms with van der Waals surface area (Å²) < 4.78 is 11.6. The molecule has 2 heterocycles. The summed E-state index contributed by atoms with van der Waals surface area (Å²) in [6.07, 6.45) is -11.1. The Kier molecular flexibility index (Phi) is 45.7. The fourth-order valence-corrected chi connectivity index (χ4v) is 12.5. The third kappa shape index (κ3) is 33.0. The number of aliphatic hydroxyl groups is 22. The van der Waals surface area contributed by atoms with Crippen molar-refractivity contribution in [1.82, 2.24) is 0 Å². The van der Waals surface area contributed by atoms with Crippen LogP contribution < -0.4 is 0 Å². The minimum atomic E-state index is -1.87. The van der Waals surface area contributed by atoms with E-state index in [2.05, 4.69) is 12.7 Å². The maximum absolute atomic E-state index is 11.2. The predicted octanol–water partition coefficient (Wildman–Crippen LogP) is 1.51. The Balaban J connectivity index is 1.78. The fourth-order valence-electron chi connectivity index (χ4n) is 12.4. The summed E-state index contributed by atoms with van der Waals surface area (Å²) in [5.41, 5.74) is 1.43. The summed E-state index contributed by atoms with van der Waals surface area (Å²) in [6, 6.07) is 0. The molecule has 552 valence electrons. The summed E-state index contributed by atoms with van der Waals surface area (Å²) in [5.74, 6) is -1.79. The third-order valence-corrected chi connectivity index (χ3v) is 19.1. The molecule has 0 radical (unpaired) electrons. The summed E-state index contributed by atoms with van der Waals surface area (Å²) >= 11 is 5.50. The van der Waals surface area contributed by atoms with Crippen LogP contribution in [0.4, 0.5) is 0 Å². The van der Waals surface area contributed by atoms with Crippen molar-refractivity contribution >= 4 is 11.6 Å². The molecule has 25 heteroatoms. The Hall–Kier alpha value is -1.97. The van der Waals surface area contributed by atoms with E-state index in [1.165, 1.54) is 24.5 Å². The molecule has 0 aromatic carbocycles. The number of ether oxygens (including phenoxy) is 2. The van der Waals surface area contributed by atoms with Gasteiger partial charge in [0.25, 0.3) is 0 Å². The van der Waals surface area contributed by atoms with Crippen molar-refractivity contribution in [2.45, 2.75) is 347 Å². The van der Waals surface area contributed by atoms with Crippen LogP contribution >= 0.6 is 11.6 Å². The van der Waals surface area contributed by atoms with Crippen LogP contribution in [0.3, 0.4) is 0 Å². The van der Waals surface area contributed by atoms with Crippen LogP contribution in [0.5, 0.6) is 0 Å². The lowest BCUT2D eigenvalue weighted by atomic mass is 9.85. The van der Waals surface area contributed by atoms with Crippen LogP contribution in [-0.2, 0) is 9.47 Å². The number of unbranched alkanes of at least 4 members (excludes halogenated alkanes) is 9. The third-order valence-electron chi connectivity index (χ3n) is 18.9. The second-order valence-corrected chi connectivity index (χ2v) is 27.4. The summed E-state index contributed by atoms with van der Waals surface area (Å²) in [6.45, 7) is 8.35. The molecule has 0 saturated carbocycles. The summed E-state index contributed by atoms with van der Waals surface area (Å²) in [4.78, 5) is 0. The molecule has 0 aromatic heterocycles. The van der Waals surface area contributed by atoms with Crippen molar-refractivity contribution in [3.05, 3.63) is 60.2 Å². The normalized spacial score (nSPS) is 27.9. The van der Waals surface area contributed by atoms with Crippen LogP contribution in [0.1, 0.15) is 194 Å². The molecule has 2 saturated heterocycles. The van der Waals surface area contributed by atoms with E-state index >= 15 is 0 Å².